The number of methoxy groups -OCH3 is 1. The van der Waals surface area contributed by atoms with Gasteiger partial charge in [0.25, 0.3) is 0 Å². The van der Waals surface area contributed by atoms with Crippen LogP contribution in [0.1, 0.15) is 13.3 Å². The molecule has 14 heteroatoms. The van der Waals surface area contributed by atoms with Gasteiger partial charge in [0.05, 0.1) is 36.2 Å². The van der Waals surface area contributed by atoms with Gasteiger partial charge in [0.1, 0.15) is 42.7 Å². The van der Waals surface area contributed by atoms with Gasteiger partial charge in [0.15, 0.2) is 18.9 Å². The van der Waals surface area contributed by atoms with Crippen molar-refractivity contribution in [3.05, 3.63) is 0 Å². The molecular formula is C19H32Cl2O12. The maximum Gasteiger partial charge on any atom is 0.187 e. The number of hydrogen-bond donors (Lipinski definition) is 6. The molecule has 3 saturated heterocycles. The second kappa shape index (κ2) is 11.9. The van der Waals surface area contributed by atoms with E-state index >= 15 is 0 Å². The van der Waals surface area contributed by atoms with Gasteiger partial charge >= 0.3 is 0 Å². The fraction of sp³-hybridized carbons (Fsp3) is 1.00. The molecule has 6 N–H and O–H groups in total. The second-order valence-corrected chi connectivity index (χ2v) is 9.16. The lowest BCUT2D eigenvalue weighted by Gasteiger charge is -2.46. The second-order valence-electron chi connectivity index (χ2n) is 8.35. The van der Waals surface area contributed by atoms with Gasteiger partial charge in [-0.3, -0.25) is 0 Å². The average Bonchev–Trinajstić information content (AvgIpc) is 2.78. The van der Waals surface area contributed by atoms with Gasteiger partial charge in [0.2, 0.25) is 0 Å². The van der Waals surface area contributed by atoms with Crippen LogP contribution in [0.3, 0.4) is 0 Å². The first kappa shape index (κ1) is 27.7. The third-order valence-corrected chi connectivity index (χ3v) is 6.96. The Labute approximate surface area is 200 Å². The molecule has 0 bridgehead atoms. The van der Waals surface area contributed by atoms with Crippen molar-refractivity contribution in [1.82, 2.24) is 0 Å². The first-order valence-corrected chi connectivity index (χ1v) is 11.6. The summed E-state index contributed by atoms with van der Waals surface area (Å²) in [6.45, 7) is 0.958. The highest BCUT2D eigenvalue weighted by Crippen LogP contribution is 2.34. The lowest BCUT2D eigenvalue weighted by atomic mass is 9.98. The highest BCUT2D eigenvalue weighted by molar-refractivity contribution is 6.23. The van der Waals surface area contributed by atoms with Crippen LogP contribution in [-0.4, -0.2) is 136 Å². The molecule has 0 spiro atoms. The van der Waals surface area contributed by atoms with Crippen molar-refractivity contribution in [3.8, 4) is 0 Å². The summed E-state index contributed by atoms with van der Waals surface area (Å²) in [6, 6.07) is 0. The number of ether oxygens (including phenoxy) is 6. The molecular weight excluding hydrogens is 491 g/mol. The monoisotopic (exact) mass is 522 g/mol. The Balaban J connectivity index is 1.77. The van der Waals surface area contributed by atoms with Crippen molar-refractivity contribution in [3.63, 3.8) is 0 Å². The zero-order chi connectivity index (χ0) is 24.4. The molecule has 3 rings (SSSR count). The van der Waals surface area contributed by atoms with Crippen molar-refractivity contribution < 1.29 is 59.1 Å². The summed E-state index contributed by atoms with van der Waals surface area (Å²) < 4.78 is 33.3. The summed E-state index contributed by atoms with van der Waals surface area (Å²) in [5.74, 6) is 0.00224. The SMILES string of the molecule is CO[C@@H]1[C@@H](O)[C@@H](O[C@@H]2C[C@@H](O)[C@@H](C)O[C@@H]2O[C@@H]2[C@H](O)[C@@H](O)O[C@H](CO)[C@H]2O)O[C@H](CCl)[C@@H]1Cl. The Hall–Kier alpha value is 0.100. The van der Waals surface area contributed by atoms with E-state index in [1.54, 1.807) is 6.92 Å². The Morgan fingerprint density at radius 3 is 2.18 bits per heavy atom. The molecule has 0 saturated carbocycles. The first-order valence-electron chi connectivity index (χ1n) is 10.6. The molecule has 0 unspecified atom stereocenters. The van der Waals surface area contributed by atoms with Crippen LogP contribution in [0.5, 0.6) is 0 Å². The molecule has 194 valence electrons. The van der Waals surface area contributed by atoms with E-state index in [1.165, 1.54) is 7.11 Å². The molecule has 0 radical (unpaired) electrons. The van der Waals surface area contributed by atoms with Crippen molar-refractivity contribution in [2.75, 3.05) is 19.6 Å². The minimum absolute atomic E-state index is 0.00224. The van der Waals surface area contributed by atoms with Crippen molar-refractivity contribution in [1.29, 1.82) is 0 Å². The molecule has 3 aliphatic rings. The maximum atomic E-state index is 10.7. The van der Waals surface area contributed by atoms with E-state index in [0.29, 0.717) is 0 Å². The minimum atomic E-state index is -1.72. The summed E-state index contributed by atoms with van der Waals surface area (Å²) in [4.78, 5) is 0. The van der Waals surface area contributed by atoms with E-state index in [0.717, 1.165) is 0 Å². The number of aliphatic hydroxyl groups is 6. The largest absolute Gasteiger partial charge is 0.394 e. The molecule has 3 fully saturated rings. The van der Waals surface area contributed by atoms with Crippen LogP contribution in [0.4, 0.5) is 0 Å². The van der Waals surface area contributed by atoms with Gasteiger partial charge < -0.3 is 59.1 Å². The van der Waals surface area contributed by atoms with Gasteiger partial charge in [-0.2, -0.15) is 0 Å². The number of aliphatic hydroxyl groups excluding tert-OH is 6. The minimum Gasteiger partial charge on any atom is -0.394 e. The lowest BCUT2D eigenvalue weighted by Crippen LogP contribution is -2.63. The van der Waals surface area contributed by atoms with E-state index in [9.17, 15) is 30.6 Å². The van der Waals surface area contributed by atoms with E-state index in [2.05, 4.69) is 0 Å². The topological polar surface area (TPSA) is 177 Å². The molecule has 3 aliphatic heterocycles. The van der Waals surface area contributed by atoms with E-state index < -0.39 is 91.9 Å². The molecule has 14 atom stereocenters. The maximum absolute atomic E-state index is 10.7. The van der Waals surface area contributed by atoms with Crippen LogP contribution in [0.25, 0.3) is 0 Å². The third kappa shape index (κ3) is 5.92. The van der Waals surface area contributed by atoms with Crippen molar-refractivity contribution in [2.45, 2.75) is 98.6 Å². The molecule has 0 aliphatic carbocycles. The van der Waals surface area contributed by atoms with Gasteiger partial charge in [-0.1, -0.05) is 0 Å². The highest BCUT2D eigenvalue weighted by Gasteiger charge is 2.50. The summed E-state index contributed by atoms with van der Waals surface area (Å²) >= 11 is 12.2. The van der Waals surface area contributed by atoms with Gasteiger partial charge in [-0.15, -0.1) is 23.2 Å². The number of hydrogen-bond acceptors (Lipinski definition) is 12. The Bertz CT molecular complexity index is 619. The van der Waals surface area contributed by atoms with Crippen LogP contribution < -0.4 is 0 Å². The zero-order valence-corrected chi connectivity index (χ0v) is 19.6. The summed E-state index contributed by atoms with van der Waals surface area (Å²) in [6.07, 6.45) is -15.6. The summed E-state index contributed by atoms with van der Waals surface area (Å²) in [7, 11) is 1.37. The normalized spacial score (nSPS) is 51.5. The Kier molecular flexibility index (Phi) is 9.97. The fourth-order valence-corrected chi connectivity index (χ4v) is 4.87. The molecule has 12 nitrogen and oxygen atoms in total. The molecule has 33 heavy (non-hydrogen) atoms. The van der Waals surface area contributed by atoms with Gasteiger partial charge in [0, 0.05) is 13.5 Å². The molecule has 0 amide bonds. The lowest BCUT2D eigenvalue weighted by molar-refractivity contribution is -0.365. The fourth-order valence-electron chi connectivity index (χ4n) is 4.11. The number of alkyl halides is 2. The standard InChI is InChI=1S/C19H32Cl2O12/c1-6-7(23)3-8(31-19-14(26)15(28-2)11(21)9(4-20)32-19)18(29-6)33-16-12(24)10(5-22)30-17(27)13(16)25/h6-19,22-27H,3-5H2,1-2H3/t6-,7-,8-,9-,10-,11+,12-,13+,14-,15+,16+,17+,18-,19+/m1/s1. The molecule has 0 aromatic carbocycles. The zero-order valence-electron chi connectivity index (χ0n) is 18.1. The Morgan fingerprint density at radius 1 is 0.879 bits per heavy atom. The van der Waals surface area contributed by atoms with E-state index in [1.807, 2.05) is 0 Å². The average molecular weight is 523 g/mol. The first-order chi connectivity index (χ1) is 15.6. The molecule has 0 aromatic heterocycles. The molecule has 0 aromatic rings. The predicted octanol–water partition coefficient (Wildman–Crippen LogP) is -2.37. The number of rotatable bonds is 7. The van der Waals surface area contributed by atoms with Crippen molar-refractivity contribution in [2.24, 2.45) is 0 Å². The summed E-state index contributed by atoms with van der Waals surface area (Å²) in [5.41, 5.74) is 0. The Morgan fingerprint density at radius 2 is 1.58 bits per heavy atom. The van der Waals surface area contributed by atoms with Crippen LogP contribution in [-0.2, 0) is 28.4 Å². The van der Waals surface area contributed by atoms with Crippen LogP contribution in [0, 0.1) is 0 Å². The molecule has 3 heterocycles. The number of halogens is 2. The van der Waals surface area contributed by atoms with Crippen LogP contribution >= 0.6 is 23.2 Å². The smallest absolute Gasteiger partial charge is 0.187 e. The van der Waals surface area contributed by atoms with Gasteiger partial charge in [-0.25, -0.2) is 0 Å². The third-order valence-electron chi connectivity index (χ3n) is 6.13. The van der Waals surface area contributed by atoms with Crippen molar-refractivity contribution >= 4 is 23.2 Å². The predicted molar refractivity (Wildman–Crippen MR) is 111 cm³/mol. The van der Waals surface area contributed by atoms with E-state index in [4.69, 9.17) is 51.6 Å². The van der Waals surface area contributed by atoms with Crippen LogP contribution in [0.15, 0.2) is 0 Å². The van der Waals surface area contributed by atoms with E-state index in [-0.39, 0.29) is 12.3 Å². The van der Waals surface area contributed by atoms with Gasteiger partial charge in [-0.05, 0) is 6.92 Å². The van der Waals surface area contributed by atoms with Crippen LogP contribution in [0.2, 0.25) is 0 Å². The highest BCUT2D eigenvalue weighted by atomic mass is 35.5. The summed E-state index contributed by atoms with van der Waals surface area (Å²) in [5, 5.41) is 60.2. The quantitative estimate of drug-likeness (QED) is 0.196.